The van der Waals surface area contributed by atoms with Crippen LogP contribution in [0, 0.1) is 6.92 Å². The molecule has 14 heavy (non-hydrogen) atoms. The van der Waals surface area contributed by atoms with E-state index < -0.39 is 0 Å². The summed E-state index contributed by atoms with van der Waals surface area (Å²) in [6.07, 6.45) is 0. The average molecular weight is 252 g/mol. The number of Topliss-reactive ketones (excluding diaryl/α,β-unsaturated/α-hetero) is 1. The number of H-pyrrole nitrogens is 1. The van der Waals surface area contributed by atoms with E-state index in [4.69, 9.17) is 0 Å². The Morgan fingerprint density at radius 2 is 2.14 bits per heavy atom. The van der Waals surface area contributed by atoms with Gasteiger partial charge >= 0.3 is 0 Å². The predicted molar refractivity (Wildman–Crippen MR) is 60.7 cm³/mol. The van der Waals surface area contributed by atoms with Gasteiger partial charge in [0.05, 0.1) is 10.2 Å². The molecule has 72 valence electrons. The number of nitrogens with one attached hydrogen (secondary N) is 1. The smallest absolute Gasteiger partial charge is 0.177 e. The van der Waals surface area contributed by atoms with Crippen molar-refractivity contribution in [3.8, 4) is 0 Å². The third kappa shape index (κ3) is 1.38. The fourth-order valence-electron chi connectivity index (χ4n) is 1.52. The van der Waals surface area contributed by atoms with E-state index in [9.17, 15) is 4.79 Å². The van der Waals surface area contributed by atoms with Gasteiger partial charge in [-0.05, 0) is 34.5 Å². The Morgan fingerprint density at radius 3 is 2.79 bits per heavy atom. The molecule has 1 N–H and O–H groups in total. The Hall–Kier alpha value is -1.09. The van der Waals surface area contributed by atoms with Gasteiger partial charge in [0.2, 0.25) is 0 Å². The van der Waals surface area contributed by atoms with Gasteiger partial charge in [0, 0.05) is 17.8 Å². The van der Waals surface area contributed by atoms with Gasteiger partial charge in [-0.15, -0.1) is 0 Å². The highest BCUT2D eigenvalue weighted by atomic mass is 79.9. The number of aryl methyl sites for hydroxylation is 1. The predicted octanol–water partition coefficient (Wildman–Crippen LogP) is 3.44. The van der Waals surface area contributed by atoms with E-state index in [1.54, 1.807) is 6.92 Å². The van der Waals surface area contributed by atoms with Crippen LogP contribution < -0.4 is 0 Å². The maximum Gasteiger partial charge on any atom is 0.177 e. The van der Waals surface area contributed by atoms with Gasteiger partial charge in [0.1, 0.15) is 0 Å². The van der Waals surface area contributed by atoms with Crippen LogP contribution >= 0.6 is 15.9 Å². The lowest BCUT2D eigenvalue weighted by atomic mass is 10.2. The van der Waals surface area contributed by atoms with Crippen LogP contribution in [0.1, 0.15) is 23.0 Å². The van der Waals surface area contributed by atoms with Gasteiger partial charge in [0.25, 0.3) is 0 Å². The van der Waals surface area contributed by atoms with Gasteiger partial charge in [-0.1, -0.05) is 12.1 Å². The van der Waals surface area contributed by atoms with Crippen molar-refractivity contribution in [3.05, 3.63) is 33.9 Å². The van der Waals surface area contributed by atoms with E-state index >= 15 is 0 Å². The molecule has 0 radical (unpaired) electrons. The van der Waals surface area contributed by atoms with Crippen LogP contribution in [0.15, 0.2) is 22.7 Å². The van der Waals surface area contributed by atoms with Crippen molar-refractivity contribution in [1.82, 2.24) is 4.98 Å². The van der Waals surface area contributed by atoms with Gasteiger partial charge in [-0.3, -0.25) is 4.79 Å². The molecule has 2 aromatic rings. The highest BCUT2D eigenvalue weighted by molar-refractivity contribution is 9.10. The zero-order chi connectivity index (χ0) is 10.3. The normalized spacial score (nSPS) is 10.8. The summed E-state index contributed by atoms with van der Waals surface area (Å²) < 4.78 is 0.861. The number of ketones is 1. The number of halogens is 1. The molecule has 0 atom stereocenters. The Morgan fingerprint density at radius 1 is 1.43 bits per heavy atom. The Bertz CT molecular complexity index is 513. The molecule has 1 heterocycles. The molecule has 3 heteroatoms. The Kier molecular flexibility index (Phi) is 2.19. The van der Waals surface area contributed by atoms with Crippen molar-refractivity contribution >= 4 is 32.6 Å². The van der Waals surface area contributed by atoms with E-state index in [1.165, 1.54) is 5.56 Å². The molecule has 0 aliphatic rings. The number of fused-ring (bicyclic) bond motifs is 1. The van der Waals surface area contributed by atoms with E-state index in [2.05, 4.69) is 20.9 Å². The number of aromatic nitrogens is 1. The topological polar surface area (TPSA) is 32.9 Å². The molecule has 0 fully saturated rings. The lowest BCUT2D eigenvalue weighted by Crippen LogP contribution is -1.91. The van der Waals surface area contributed by atoms with Crippen molar-refractivity contribution in [2.45, 2.75) is 13.8 Å². The molecule has 0 bridgehead atoms. The second-order valence-corrected chi connectivity index (χ2v) is 4.21. The largest absolute Gasteiger partial charge is 0.351 e. The molecule has 0 amide bonds. The third-order valence-electron chi connectivity index (χ3n) is 2.24. The molecular formula is C11H10BrNO. The average Bonchev–Trinajstić information content (AvgIpc) is 2.43. The number of hydrogen-bond acceptors (Lipinski definition) is 1. The summed E-state index contributed by atoms with van der Waals surface area (Å²) >= 11 is 3.42. The zero-order valence-corrected chi connectivity index (χ0v) is 9.60. The zero-order valence-electron chi connectivity index (χ0n) is 8.02. The van der Waals surface area contributed by atoms with Crippen LogP contribution in [-0.4, -0.2) is 10.8 Å². The molecular weight excluding hydrogens is 242 g/mol. The molecule has 0 aliphatic carbocycles. The molecule has 0 unspecified atom stereocenters. The third-order valence-corrected chi connectivity index (χ3v) is 3.07. The van der Waals surface area contributed by atoms with Crippen molar-refractivity contribution in [2.75, 3.05) is 0 Å². The van der Waals surface area contributed by atoms with Crippen molar-refractivity contribution in [3.63, 3.8) is 0 Å². The lowest BCUT2D eigenvalue weighted by molar-refractivity contribution is 0.101. The fraction of sp³-hybridized carbons (Fsp3) is 0.182. The summed E-state index contributed by atoms with van der Waals surface area (Å²) in [5.74, 6) is 0.0470. The maximum atomic E-state index is 11.3. The minimum atomic E-state index is 0.0470. The van der Waals surface area contributed by atoms with E-state index in [-0.39, 0.29) is 5.78 Å². The number of benzene rings is 1. The first kappa shape index (κ1) is 9.46. The van der Waals surface area contributed by atoms with E-state index in [0.717, 1.165) is 15.4 Å². The summed E-state index contributed by atoms with van der Waals surface area (Å²) in [6.45, 7) is 3.59. The molecule has 1 aromatic heterocycles. The minimum Gasteiger partial charge on any atom is -0.351 e. The number of carbonyl (C=O) groups excluding carboxylic acids is 1. The second kappa shape index (κ2) is 3.24. The fourth-order valence-corrected chi connectivity index (χ4v) is 2.24. The van der Waals surface area contributed by atoms with Crippen molar-refractivity contribution < 1.29 is 4.79 Å². The highest BCUT2D eigenvalue weighted by Crippen LogP contribution is 2.28. The summed E-state index contributed by atoms with van der Waals surface area (Å²) in [7, 11) is 0. The molecule has 0 saturated heterocycles. The molecule has 2 nitrogen and oxygen atoms in total. The quantitative estimate of drug-likeness (QED) is 0.775. The van der Waals surface area contributed by atoms with Crippen molar-refractivity contribution in [2.24, 2.45) is 0 Å². The van der Waals surface area contributed by atoms with Crippen LogP contribution in [0.5, 0.6) is 0 Å². The van der Waals surface area contributed by atoms with E-state index in [0.29, 0.717) is 5.69 Å². The number of aromatic amines is 1. The maximum absolute atomic E-state index is 11.3. The van der Waals surface area contributed by atoms with Gasteiger partial charge in [-0.2, -0.15) is 0 Å². The van der Waals surface area contributed by atoms with Crippen LogP contribution in [-0.2, 0) is 0 Å². The van der Waals surface area contributed by atoms with Gasteiger partial charge in [-0.25, -0.2) is 0 Å². The van der Waals surface area contributed by atoms with Crippen molar-refractivity contribution in [1.29, 1.82) is 0 Å². The monoisotopic (exact) mass is 251 g/mol. The number of hydrogen-bond donors (Lipinski definition) is 1. The first-order valence-electron chi connectivity index (χ1n) is 4.38. The van der Waals surface area contributed by atoms with Gasteiger partial charge < -0.3 is 4.98 Å². The Labute approximate surface area is 90.4 Å². The van der Waals surface area contributed by atoms with Crippen LogP contribution in [0.25, 0.3) is 10.9 Å². The minimum absolute atomic E-state index is 0.0470. The molecule has 0 spiro atoms. The van der Waals surface area contributed by atoms with Crippen LogP contribution in [0.3, 0.4) is 0 Å². The molecule has 0 aliphatic heterocycles. The van der Waals surface area contributed by atoms with Gasteiger partial charge in [0.15, 0.2) is 5.78 Å². The lowest BCUT2D eigenvalue weighted by Gasteiger charge is -1.91. The van der Waals surface area contributed by atoms with E-state index in [1.807, 2.05) is 25.1 Å². The first-order valence-corrected chi connectivity index (χ1v) is 5.17. The molecule has 1 aromatic carbocycles. The second-order valence-electron chi connectivity index (χ2n) is 3.42. The summed E-state index contributed by atoms with van der Waals surface area (Å²) in [4.78, 5) is 14.4. The van der Waals surface area contributed by atoms with Crippen LogP contribution in [0.2, 0.25) is 0 Å². The molecule has 0 saturated carbocycles. The highest BCUT2D eigenvalue weighted by Gasteiger charge is 2.11. The summed E-state index contributed by atoms with van der Waals surface area (Å²) in [5, 5.41) is 1.06. The van der Waals surface area contributed by atoms with Crippen LogP contribution in [0.4, 0.5) is 0 Å². The summed E-state index contributed by atoms with van der Waals surface area (Å²) in [5.41, 5.74) is 2.83. The number of rotatable bonds is 1. The first-order chi connectivity index (χ1) is 6.59. The Balaban J connectivity index is 2.79. The number of carbonyl (C=O) groups is 1. The summed E-state index contributed by atoms with van der Waals surface area (Å²) in [6, 6.07) is 6.08. The molecule has 2 rings (SSSR count). The standard InChI is InChI=1S/C11H10BrNO/c1-6-3-4-8-9(5-6)13-11(7(2)14)10(8)12/h3-5,13H,1-2H3. The SMILES string of the molecule is CC(=O)c1[nH]c2cc(C)ccc2c1Br.